The molecule has 1 amide bonds. The first-order valence-electron chi connectivity index (χ1n) is 7.76. The van der Waals surface area contributed by atoms with E-state index in [2.05, 4.69) is 15.2 Å². The van der Waals surface area contributed by atoms with Crippen LogP contribution in [0.15, 0.2) is 4.99 Å². The Morgan fingerprint density at radius 1 is 1.39 bits per heavy atom. The molecule has 23 heavy (non-hydrogen) atoms. The van der Waals surface area contributed by atoms with Crippen molar-refractivity contribution in [2.24, 2.45) is 4.99 Å². The number of nitrogens with one attached hydrogen (secondary N) is 1. The molecule has 1 fully saturated rings. The molecule has 0 spiro atoms. The van der Waals surface area contributed by atoms with Crippen LogP contribution in [-0.2, 0) is 14.6 Å². The van der Waals surface area contributed by atoms with Gasteiger partial charge in [-0.15, -0.1) is 0 Å². The van der Waals surface area contributed by atoms with Gasteiger partial charge in [-0.1, -0.05) is 0 Å². The summed E-state index contributed by atoms with van der Waals surface area (Å²) in [6, 6.07) is 0.122. The van der Waals surface area contributed by atoms with Crippen molar-refractivity contribution in [3.05, 3.63) is 0 Å². The lowest BCUT2D eigenvalue weighted by atomic mass is 10.2. The molecule has 132 valence electrons. The highest BCUT2D eigenvalue weighted by molar-refractivity contribution is 7.90. The fourth-order valence-electron chi connectivity index (χ4n) is 2.57. The maximum absolute atomic E-state index is 12.1. The van der Waals surface area contributed by atoms with Gasteiger partial charge < -0.3 is 19.9 Å². The first kappa shape index (κ1) is 17.8. The second kappa shape index (κ2) is 6.54. The molecule has 1 saturated heterocycles. The van der Waals surface area contributed by atoms with Gasteiger partial charge in [0.25, 0.3) is 0 Å². The third-order valence-electron chi connectivity index (χ3n) is 3.61. The molecule has 0 bridgehead atoms. The first-order valence-corrected chi connectivity index (χ1v) is 9.82. The molecule has 2 rings (SSSR count). The number of ether oxygens (including phenoxy) is 1. The molecule has 0 radical (unpaired) electrons. The summed E-state index contributed by atoms with van der Waals surface area (Å²) in [5, 5.41) is 3.08. The van der Waals surface area contributed by atoms with Crippen LogP contribution in [0, 0.1) is 0 Å². The average molecular weight is 346 g/mol. The normalized spacial score (nSPS) is 21.7. The number of aliphatic imine (C=N–C) groups is 1. The van der Waals surface area contributed by atoms with Crippen LogP contribution in [0.1, 0.15) is 20.8 Å². The van der Waals surface area contributed by atoms with Crippen LogP contribution in [0.4, 0.5) is 4.79 Å². The van der Waals surface area contributed by atoms with E-state index in [-0.39, 0.29) is 17.9 Å². The lowest BCUT2D eigenvalue weighted by Crippen LogP contribution is -2.57. The van der Waals surface area contributed by atoms with E-state index in [0.29, 0.717) is 32.7 Å². The molecule has 1 N–H and O–H groups in total. The third kappa shape index (κ3) is 5.26. The molecule has 9 heteroatoms. The molecular formula is C14H26N4O4S. The van der Waals surface area contributed by atoms with Crippen molar-refractivity contribution in [2.45, 2.75) is 32.4 Å². The minimum Gasteiger partial charge on any atom is -0.444 e. The molecule has 0 aromatic rings. The molecule has 2 aliphatic heterocycles. The van der Waals surface area contributed by atoms with Gasteiger partial charge in [-0.05, 0) is 20.8 Å². The van der Waals surface area contributed by atoms with Crippen molar-refractivity contribution in [3.63, 3.8) is 0 Å². The first-order chi connectivity index (χ1) is 10.6. The number of rotatable bonds is 3. The summed E-state index contributed by atoms with van der Waals surface area (Å²) >= 11 is 0. The summed E-state index contributed by atoms with van der Waals surface area (Å²) in [5.74, 6) is 0.802. The van der Waals surface area contributed by atoms with Crippen LogP contribution in [0.25, 0.3) is 0 Å². The molecule has 0 aromatic heterocycles. The molecule has 1 unspecified atom stereocenters. The lowest BCUT2D eigenvalue weighted by molar-refractivity contribution is 0.0137. The zero-order valence-corrected chi connectivity index (χ0v) is 15.0. The monoisotopic (exact) mass is 346 g/mol. The minimum absolute atomic E-state index is 0.0779. The average Bonchev–Trinajstić information content (AvgIpc) is 2.78. The third-order valence-corrected chi connectivity index (χ3v) is 4.56. The quantitative estimate of drug-likeness (QED) is 0.768. The van der Waals surface area contributed by atoms with E-state index in [1.165, 1.54) is 6.26 Å². The van der Waals surface area contributed by atoms with E-state index in [0.717, 1.165) is 5.96 Å². The predicted molar refractivity (Wildman–Crippen MR) is 88.3 cm³/mol. The van der Waals surface area contributed by atoms with Crippen molar-refractivity contribution in [3.8, 4) is 0 Å². The maximum atomic E-state index is 12.1. The highest BCUT2D eigenvalue weighted by Gasteiger charge is 2.36. The second-order valence-corrected chi connectivity index (χ2v) is 9.25. The number of carbonyl (C=O) groups is 1. The summed E-state index contributed by atoms with van der Waals surface area (Å²) in [5.41, 5.74) is -0.501. The van der Waals surface area contributed by atoms with Crippen LogP contribution in [0.5, 0.6) is 0 Å². The minimum atomic E-state index is -2.99. The molecule has 0 aromatic carbocycles. The van der Waals surface area contributed by atoms with Crippen LogP contribution in [-0.4, -0.2) is 86.6 Å². The zero-order chi connectivity index (χ0) is 17.3. The van der Waals surface area contributed by atoms with E-state index >= 15 is 0 Å². The summed E-state index contributed by atoms with van der Waals surface area (Å²) in [6.07, 6.45) is 0.920. The summed E-state index contributed by atoms with van der Waals surface area (Å²) in [4.78, 5) is 20.4. The van der Waals surface area contributed by atoms with Crippen molar-refractivity contribution in [2.75, 3.05) is 44.7 Å². The molecule has 0 aliphatic carbocycles. The Kier molecular flexibility index (Phi) is 5.07. The van der Waals surface area contributed by atoms with E-state index in [9.17, 15) is 13.2 Å². The number of guanidine groups is 1. The highest BCUT2D eigenvalue weighted by atomic mass is 32.2. The van der Waals surface area contributed by atoms with Crippen LogP contribution >= 0.6 is 0 Å². The maximum Gasteiger partial charge on any atom is 0.410 e. The highest BCUT2D eigenvalue weighted by Crippen LogP contribution is 2.18. The van der Waals surface area contributed by atoms with Crippen molar-refractivity contribution in [1.29, 1.82) is 0 Å². The number of nitrogens with zero attached hydrogens (tertiary/aromatic N) is 3. The molecule has 2 heterocycles. The largest absolute Gasteiger partial charge is 0.444 e. The summed E-state index contributed by atoms with van der Waals surface area (Å²) in [6.45, 7) is 8.29. The fraction of sp³-hybridized carbons (Fsp3) is 0.857. The number of hydrogen-bond donors (Lipinski definition) is 1. The zero-order valence-electron chi connectivity index (χ0n) is 14.2. The van der Waals surface area contributed by atoms with Gasteiger partial charge in [-0.25, -0.2) is 13.2 Å². The smallest absolute Gasteiger partial charge is 0.410 e. The fourth-order valence-corrected chi connectivity index (χ4v) is 3.04. The number of fused-ring (bicyclic) bond motifs is 1. The number of hydrogen-bond acceptors (Lipinski definition) is 7. The molecule has 2 aliphatic rings. The standard InChI is InChI=1S/C14H26N4O4S/c1-14(2,3)22-13(19)17-6-7-18-11(10-17)9-16-12(18)15-5-8-23(4,20)21/h11H,5-10H2,1-4H3,(H,15,16). The van der Waals surface area contributed by atoms with Crippen LogP contribution in [0.3, 0.4) is 0 Å². The number of amides is 1. The van der Waals surface area contributed by atoms with Gasteiger partial charge in [0, 0.05) is 32.4 Å². The number of sulfone groups is 1. The van der Waals surface area contributed by atoms with Gasteiger partial charge >= 0.3 is 6.09 Å². The Bertz CT molecular complexity index is 582. The number of carbonyl (C=O) groups excluding carboxylic acids is 1. The van der Waals surface area contributed by atoms with Crippen molar-refractivity contribution >= 4 is 21.9 Å². The van der Waals surface area contributed by atoms with Gasteiger partial charge in [0.1, 0.15) is 15.4 Å². The Balaban J connectivity index is 1.84. The Morgan fingerprint density at radius 3 is 2.70 bits per heavy atom. The predicted octanol–water partition coefficient (Wildman–Crippen LogP) is -0.0885. The topological polar surface area (TPSA) is 91.3 Å². The van der Waals surface area contributed by atoms with Crippen LogP contribution < -0.4 is 5.32 Å². The van der Waals surface area contributed by atoms with Gasteiger partial charge in [-0.3, -0.25) is 4.99 Å². The molecule has 8 nitrogen and oxygen atoms in total. The summed E-state index contributed by atoms with van der Waals surface area (Å²) in [7, 11) is -2.99. The molecular weight excluding hydrogens is 320 g/mol. The number of piperazine rings is 1. The van der Waals surface area contributed by atoms with Crippen molar-refractivity contribution < 1.29 is 17.9 Å². The van der Waals surface area contributed by atoms with Gasteiger partial charge in [-0.2, -0.15) is 0 Å². The van der Waals surface area contributed by atoms with E-state index in [4.69, 9.17) is 4.74 Å². The SMILES string of the molecule is CC(C)(C)OC(=O)N1CCN2C(NCCS(C)(=O)=O)=NCC2C1. The second-order valence-electron chi connectivity index (χ2n) is 6.99. The van der Waals surface area contributed by atoms with Gasteiger partial charge in [0.2, 0.25) is 0 Å². The van der Waals surface area contributed by atoms with E-state index < -0.39 is 15.4 Å². The summed E-state index contributed by atoms with van der Waals surface area (Å²) < 4.78 is 27.7. The van der Waals surface area contributed by atoms with E-state index in [1.807, 2.05) is 20.8 Å². The van der Waals surface area contributed by atoms with Gasteiger partial charge in [0.15, 0.2) is 5.96 Å². The Hall–Kier alpha value is -1.51. The Labute approximate surface area is 137 Å². The van der Waals surface area contributed by atoms with Gasteiger partial charge in [0.05, 0.1) is 18.3 Å². The molecule has 1 atom stereocenters. The lowest BCUT2D eigenvalue weighted by Gasteiger charge is -2.39. The molecule has 0 saturated carbocycles. The Morgan fingerprint density at radius 2 is 2.09 bits per heavy atom. The van der Waals surface area contributed by atoms with E-state index in [1.54, 1.807) is 4.90 Å². The van der Waals surface area contributed by atoms with Crippen molar-refractivity contribution in [1.82, 2.24) is 15.1 Å². The van der Waals surface area contributed by atoms with Crippen LogP contribution in [0.2, 0.25) is 0 Å².